The summed E-state index contributed by atoms with van der Waals surface area (Å²) in [5.74, 6) is -2.44. The van der Waals surface area contributed by atoms with Crippen LogP contribution in [-0.4, -0.2) is 67.1 Å². The standard InChI is InChI=1S/C19H24ClN5O5S2.Na/c1-19(2)13(17(28)29)25-15(27)12(16(25)32-19)23-14(26)11(10-7-31-18(21)22-10)24-30-9-5-3-8(20)4-6-9;/h7-9,12-13,16H,3-6H2,1-2H3,(H2,21,22)(H,23,26)(H,28,29);/q;+1/p-1/b24-11-;/t8-,9-,12-,13-,16+;/m0./s1. The van der Waals surface area contributed by atoms with Crippen LogP contribution in [0.1, 0.15) is 45.2 Å². The molecule has 1 aromatic rings. The number of amides is 2. The molecule has 0 bridgehead atoms. The Morgan fingerprint density at radius 3 is 2.61 bits per heavy atom. The van der Waals surface area contributed by atoms with Crippen molar-refractivity contribution in [2.45, 2.75) is 73.2 Å². The van der Waals surface area contributed by atoms with Gasteiger partial charge >= 0.3 is 29.6 Å². The third-order valence-electron chi connectivity index (χ3n) is 5.83. The topological polar surface area (TPSA) is 150 Å². The monoisotopic (exact) mass is 523 g/mol. The summed E-state index contributed by atoms with van der Waals surface area (Å²) in [5, 5.41) is 19.7. The van der Waals surface area contributed by atoms with Crippen LogP contribution in [-0.2, 0) is 19.2 Å². The largest absolute Gasteiger partial charge is 1.00 e. The Hall–Kier alpha value is -1.05. The van der Waals surface area contributed by atoms with Crippen molar-refractivity contribution < 1.29 is 53.9 Å². The number of fused-ring (bicyclic) bond motifs is 1. The zero-order valence-corrected chi connectivity index (χ0v) is 22.8. The number of hydrogen-bond donors (Lipinski definition) is 2. The number of alkyl halides is 1. The average Bonchev–Trinajstić information content (AvgIpc) is 3.26. The Labute approximate surface area is 226 Å². The van der Waals surface area contributed by atoms with Crippen molar-refractivity contribution in [3.05, 3.63) is 11.1 Å². The molecule has 0 spiro atoms. The first-order chi connectivity index (χ1) is 15.1. The molecule has 1 saturated carbocycles. The van der Waals surface area contributed by atoms with Crippen LogP contribution in [0.2, 0.25) is 0 Å². The van der Waals surface area contributed by atoms with E-state index in [1.54, 1.807) is 19.2 Å². The Morgan fingerprint density at radius 2 is 2.03 bits per heavy atom. The number of aliphatic carboxylic acids is 1. The number of nitrogens with one attached hydrogen (secondary N) is 1. The molecule has 4 rings (SSSR count). The molecular weight excluding hydrogens is 501 g/mol. The van der Waals surface area contributed by atoms with Crippen LogP contribution in [0.15, 0.2) is 10.5 Å². The fourth-order valence-corrected chi connectivity index (χ4v) is 6.61. The Bertz CT molecular complexity index is 968. The molecule has 2 saturated heterocycles. The van der Waals surface area contributed by atoms with Crippen LogP contribution in [0, 0.1) is 0 Å². The number of oxime groups is 1. The molecule has 1 aromatic heterocycles. The van der Waals surface area contributed by atoms with Gasteiger partial charge in [-0.05, 0) is 39.5 Å². The third kappa shape index (κ3) is 5.30. The first kappa shape index (κ1) is 26.6. The second kappa shape index (κ2) is 10.3. The normalized spacial score (nSPS) is 30.6. The number of carboxylic acids is 1. The van der Waals surface area contributed by atoms with Gasteiger partial charge in [0.1, 0.15) is 23.2 Å². The van der Waals surface area contributed by atoms with Crippen molar-refractivity contribution in [3.63, 3.8) is 0 Å². The van der Waals surface area contributed by atoms with Gasteiger partial charge in [-0.15, -0.1) is 34.7 Å². The Balaban J connectivity index is 0.00000306. The zero-order chi connectivity index (χ0) is 23.2. The number of aromatic nitrogens is 1. The summed E-state index contributed by atoms with van der Waals surface area (Å²) in [6, 6.07) is -1.95. The number of anilines is 1. The summed E-state index contributed by atoms with van der Waals surface area (Å²) >= 11 is 8.58. The molecule has 2 aliphatic heterocycles. The molecule has 33 heavy (non-hydrogen) atoms. The van der Waals surface area contributed by atoms with Gasteiger partial charge in [-0.25, -0.2) is 4.98 Å². The summed E-state index contributed by atoms with van der Waals surface area (Å²) in [4.78, 5) is 48.3. The first-order valence-corrected chi connectivity index (χ1v) is 12.4. The van der Waals surface area contributed by atoms with Crippen LogP contribution in [0.3, 0.4) is 0 Å². The van der Waals surface area contributed by atoms with Crippen LogP contribution in [0.5, 0.6) is 0 Å². The van der Waals surface area contributed by atoms with E-state index in [2.05, 4.69) is 15.5 Å². The Morgan fingerprint density at radius 1 is 1.36 bits per heavy atom. The molecule has 174 valence electrons. The number of carbonyl (C=O) groups excluding carboxylic acids is 3. The van der Waals surface area contributed by atoms with Crippen molar-refractivity contribution in [2.24, 2.45) is 5.16 Å². The minimum atomic E-state index is -1.32. The first-order valence-electron chi connectivity index (χ1n) is 10.2. The summed E-state index contributed by atoms with van der Waals surface area (Å²) in [7, 11) is 0. The number of nitrogens with two attached hydrogens (primary N) is 1. The SMILES string of the molecule is CC1(C)S[C@@H]2[C@@H](NC(=O)/C(=N\O[C@H]3CC[C@H](Cl)CC3)c3csc(N)n3)C(=O)N2[C@H]1C(=O)[O-].[Na+]. The van der Waals surface area contributed by atoms with Crippen molar-refractivity contribution in [1.82, 2.24) is 15.2 Å². The van der Waals surface area contributed by atoms with E-state index in [4.69, 9.17) is 22.2 Å². The summed E-state index contributed by atoms with van der Waals surface area (Å²) in [6.07, 6.45) is 2.88. The molecule has 3 fully saturated rings. The van der Waals surface area contributed by atoms with Crippen molar-refractivity contribution in [3.8, 4) is 0 Å². The van der Waals surface area contributed by atoms with E-state index in [1.807, 2.05) is 0 Å². The number of thiazole rings is 1. The third-order valence-corrected chi connectivity index (χ3v) is 8.51. The molecule has 0 radical (unpaired) electrons. The van der Waals surface area contributed by atoms with Crippen LogP contribution < -0.4 is 45.7 Å². The van der Waals surface area contributed by atoms with Gasteiger partial charge in [0.25, 0.3) is 5.91 Å². The van der Waals surface area contributed by atoms with Gasteiger partial charge in [-0.1, -0.05) is 5.16 Å². The molecule has 3 heterocycles. The number of carbonyl (C=O) groups is 3. The van der Waals surface area contributed by atoms with Crippen molar-refractivity contribution in [2.75, 3.05) is 5.73 Å². The van der Waals surface area contributed by atoms with Gasteiger partial charge < -0.3 is 30.7 Å². The zero-order valence-electron chi connectivity index (χ0n) is 18.4. The minimum absolute atomic E-state index is 0. The maximum absolute atomic E-state index is 13.1. The molecule has 1 aliphatic carbocycles. The fourth-order valence-electron chi connectivity index (χ4n) is 4.19. The molecule has 14 heteroatoms. The number of nitrogen functional groups attached to an aromatic ring is 1. The number of β-lactam (4-membered cyclic amide) rings is 1. The van der Waals surface area contributed by atoms with E-state index in [0.29, 0.717) is 0 Å². The van der Waals surface area contributed by atoms with Gasteiger partial charge in [-0.3, -0.25) is 9.59 Å². The van der Waals surface area contributed by atoms with Gasteiger partial charge in [0.15, 0.2) is 10.8 Å². The van der Waals surface area contributed by atoms with Crippen molar-refractivity contribution >= 4 is 63.3 Å². The Kier molecular flexibility index (Phi) is 8.28. The molecule has 2 amide bonds. The maximum Gasteiger partial charge on any atom is 1.00 e. The second-order valence-electron chi connectivity index (χ2n) is 8.52. The number of halogens is 1. The predicted octanol–water partition coefficient (Wildman–Crippen LogP) is -2.70. The molecule has 3 atom stereocenters. The van der Waals surface area contributed by atoms with Crippen LogP contribution in [0.4, 0.5) is 5.13 Å². The van der Waals surface area contributed by atoms with Crippen LogP contribution in [0.25, 0.3) is 0 Å². The van der Waals surface area contributed by atoms with E-state index in [0.717, 1.165) is 37.0 Å². The second-order valence-corrected chi connectivity index (χ2v) is 11.8. The van der Waals surface area contributed by atoms with E-state index in [9.17, 15) is 19.5 Å². The summed E-state index contributed by atoms with van der Waals surface area (Å²) in [6.45, 7) is 3.47. The molecule has 0 unspecified atom stereocenters. The van der Waals surface area contributed by atoms with Gasteiger partial charge in [0.05, 0.1) is 12.0 Å². The molecule has 0 aromatic carbocycles. The minimum Gasteiger partial charge on any atom is -0.548 e. The number of hydrogen-bond acceptors (Lipinski definition) is 10. The van der Waals surface area contributed by atoms with Crippen molar-refractivity contribution in [1.29, 1.82) is 0 Å². The van der Waals surface area contributed by atoms with E-state index >= 15 is 0 Å². The van der Waals surface area contributed by atoms with E-state index < -0.39 is 40.0 Å². The maximum atomic E-state index is 13.1. The number of thioether (sulfide) groups is 1. The molecule has 3 aliphatic rings. The van der Waals surface area contributed by atoms with Crippen LogP contribution >= 0.6 is 34.7 Å². The quantitative estimate of drug-likeness (QED) is 0.134. The molecular formula is C19H23ClN5NaO5S2. The van der Waals surface area contributed by atoms with Gasteiger partial charge in [0.2, 0.25) is 5.91 Å². The van der Waals surface area contributed by atoms with E-state index in [-0.39, 0.29) is 57.6 Å². The van der Waals surface area contributed by atoms with Gasteiger partial charge in [-0.2, -0.15) is 0 Å². The predicted molar refractivity (Wildman–Crippen MR) is 119 cm³/mol. The number of nitrogens with zero attached hydrogens (tertiary/aromatic N) is 3. The number of rotatable bonds is 6. The summed E-state index contributed by atoms with van der Waals surface area (Å²) < 4.78 is -0.747. The molecule has 10 nitrogen and oxygen atoms in total. The summed E-state index contributed by atoms with van der Waals surface area (Å²) in [5.41, 5.74) is 5.87. The molecule has 3 N–H and O–H groups in total. The number of carboxylic acid groups (broad SMARTS) is 1. The smallest absolute Gasteiger partial charge is 0.548 e. The van der Waals surface area contributed by atoms with E-state index in [1.165, 1.54) is 16.7 Å². The fraction of sp³-hybridized carbons (Fsp3) is 0.632. The average molecular weight is 524 g/mol. The van der Waals surface area contributed by atoms with Gasteiger partial charge in [0, 0.05) is 15.5 Å².